The van der Waals surface area contributed by atoms with Crippen LogP contribution in [0.5, 0.6) is 0 Å². The molecule has 2 N–H and O–H groups in total. The Morgan fingerprint density at radius 2 is 1.68 bits per heavy atom. The van der Waals surface area contributed by atoms with Gasteiger partial charge in [0.15, 0.2) is 5.11 Å². The number of rotatable bonds is 2. The number of halogens is 3. The van der Waals surface area contributed by atoms with E-state index in [9.17, 15) is 18.0 Å². The highest BCUT2D eigenvalue weighted by atomic mass is 32.1. The molecule has 1 aliphatic rings. The van der Waals surface area contributed by atoms with Crippen molar-refractivity contribution in [3.8, 4) is 6.07 Å². The summed E-state index contributed by atoms with van der Waals surface area (Å²) in [7, 11) is 0. The van der Waals surface area contributed by atoms with Crippen LogP contribution in [0.25, 0.3) is 0 Å². The van der Waals surface area contributed by atoms with Gasteiger partial charge in [0.2, 0.25) is 0 Å². The van der Waals surface area contributed by atoms with Gasteiger partial charge in [-0.15, -0.1) is 0 Å². The van der Waals surface area contributed by atoms with E-state index in [0.29, 0.717) is 11.4 Å². The maximum Gasteiger partial charge on any atom is 0.417 e. The van der Waals surface area contributed by atoms with Crippen molar-refractivity contribution in [2.75, 3.05) is 15.5 Å². The SMILES string of the molecule is CC1(C)C(=O)N(c2ccc(C#N)c(C(F)(F)F)c2)C(=S)N1c1ccc(N)cc1. The van der Waals surface area contributed by atoms with Gasteiger partial charge >= 0.3 is 6.18 Å². The van der Waals surface area contributed by atoms with E-state index in [0.717, 1.165) is 17.0 Å². The van der Waals surface area contributed by atoms with Gasteiger partial charge in [-0.25, -0.2) is 0 Å². The Balaban J connectivity index is 2.11. The van der Waals surface area contributed by atoms with Crippen LogP contribution in [0.3, 0.4) is 0 Å². The number of nitriles is 1. The molecule has 5 nitrogen and oxygen atoms in total. The predicted octanol–water partition coefficient (Wildman–Crippen LogP) is 4.08. The van der Waals surface area contributed by atoms with Crippen molar-refractivity contribution in [2.45, 2.75) is 25.6 Å². The summed E-state index contributed by atoms with van der Waals surface area (Å²) < 4.78 is 40.0. The maximum atomic E-state index is 13.3. The molecule has 0 unspecified atom stereocenters. The number of hydrogen-bond donors (Lipinski definition) is 1. The summed E-state index contributed by atoms with van der Waals surface area (Å²) in [6.07, 6.45) is -4.74. The van der Waals surface area contributed by atoms with Crippen molar-refractivity contribution >= 4 is 40.3 Å². The molecule has 1 fully saturated rings. The van der Waals surface area contributed by atoms with Crippen molar-refractivity contribution in [3.05, 3.63) is 53.6 Å². The highest BCUT2D eigenvalue weighted by Gasteiger charge is 2.50. The molecule has 3 rings (SSSR count). The highest BCUT2D eigenvalue weighted by molar-refractivity contribution is 7.81. The Labute approximate surface area is 164 Å². The Hall–Kier alpha value is -3.12. The molecule has 0 bridgehead atoms. The number of nitrogens with zero attached hydrogens (tertiary/aromatic N) is 3. The Morgan fingerprint density at radius 1 is 1.11 bits per heavy atom. The second kappa shape index (κ2) is 6.49. The normalized spacial score (nSPS) is 16.4. The van der Waals surface area contributed by atoms with Crippen molar-refractivity contribution in [1.82, 2.24) is 0 Å². The molecule has 0 saturated carbocycles. The molecule has 1 amide bonds. The molecular weight excluding hydrogens is 389 g/mol. The second-order valence-corrected chi connectivity index (χ2v) is 7.11. The minimum Gasteiger partial charge on any atom is -0.399 e. The number of carbonyl (C=O) groups excluding carboxylic acids is 1. The topological polar surface area (TPSA) is 73.4 Å². The van der Waals surface area contributed by atoms with Gasteiger partial charge in [-0.05, 0) is 68.5 Å². The number of anilines is 3. The van der Waals surface area contributed by atoms with Gasteiger partial charge in [0.25, 0.3) is 5.91 Å². The standard InChI is InChI=1S/C19H15F3N4OS/c1-18(2)16(27)25(17(28)26(18)13-7-4-12(24)5-8-13)14-6-3-11(10-23)15(9-14)19(20,21)22/h3-9H,24H2,1-2H3. The van der Waals surface area contributed by atoms with Crippen LogP contribution in [0.2, 0.25) is 0 Å². The number of nitrogen functional groups attached to an aromatic ring is 1. The lowest BCUT2D eigenvalue weighted by Crippen LogP contribution is -2.44. The first-order valence-electron chi connectivity index (χ1n) is 8.14. The second-order valence-electron chi connectivity index (χ2n) is 6.75. The number of thiocarbonyl (C=S) groups is 1. The van der Waals surface area contributed by atoms with Crippen LogP contribution in [-0.2, 0) is 11.0 Å². The van der Waals surface area contributed by atoms with E-state index in [1.165, 1.54) is 12.1 Å². The van der Waals surface area contributed by atoms with Crippen LogP contribution in [0.1, 0.15) is 25.0 Å². The summed E-state index contributed by atoms with van der Waals surface area (Å²) in [5.41, 5.74) is 3.99. The van der Waals surface area contributed by atoms with Gasteiger partial charge in [-0.2, -0.15) is 18.4 Å². The molecule has 0 atom stereocenters. The average Bonchev–Trinajstić information content (AvgIpc) is 2.79. The lowest BCUT2D eigenvalue weighted by Gasteiger charge is -2.29. The Kier molecular flexibility index (Phi) is 4.55. The number of alkyl halides is 3. The number of amides is 1. The molecule has 2 aromatic carbocycles. The molecule has 0 spiro atoms. The molecular formula is C19H15F3N4OS. The quantitative estimate of drug-likeness (QED) is 0.603. The zero-order valence-electron chi connectivity index (χ0n) is 14.9. The molecule has 1 heterocycles. The van der Waals surface area contributed by atoms with E-state index < -0.39 is 28.7 Å². The Bertz CT molecular complexity index is 1010. The van der Waals surface area contributed by atoms with E-state index in [2.05, 4.69) is 0 Å². The van der Waals surface area contributed by atoms with Gasteiger partial charge in [0.1, 0.15) is 5.54 Å². The fourth-order valence-electron chi connectivity index (χ4n) is 3.08. The third-order valence-corrected chi connectivity index (χ3v) is 4.87. The van der Waals surface area contributed by atoms with Crippen molar-refractivity contribution < 1.29 is 18.0 Å². The fraction of sp³-hybridized carbons (Fsp3) is 0.211. The smallest absolute Gasteiger partial charge is 0.399 e. The third-order valence-electron chi connectivity index (χ3n) is 4.51. The molecule has 0 radical (unpaired) electrons. The number of carbonyl (C=O) groups is 1. The van der Waals surface area contributed by atoms with Crippen LogP contribution in [0.4, 0.5) is 30.2 Å². The van der Waals surface area contributed by atoms with Gasteiger partial charge in [0.05, 0.1) is 22.9 Å². The first-order valence-corrected chi connectivity index (χ1v) is 8.55. The monoisotopic (exact) mass is 404 g/mol. The summed E-state index contributed by atoms with van der Waals surface area (Å²) in [6, 6.07) is 11.3. The first-order chi connectivity index (χ1) is 13.0. The summed E-state index contributed by atoms with van der Waals surface area (Å²) in [5, 5.41) is 9.00. The molecule has 28 heavy (non-hydrogen) atoms. The number of hydrogen-bond acceptors (Lipinski definition) is 4. The van der Waals surface area contributed by atoms with Gasteiger partial charge in [0, 0.05) is 11.4 Å². The van der Waals surface area contributed by atoms with Crippen molar-refractivity contribution in [2.24, 2.45) is 0 Å². The molecule has 9 heteroatoms. The summed E-state index contributed by atoms with van der Waals surface area (Å²) in [5.74, 6) is -0.479. The zero-order valence-corrected chi connectivity index (χ0v) is 15.7. The fourth-order valence-corrected chi connectivity index (χ4v) is 3.60. The zero-order chi connectivity index (χ0) is 20.9. The minimum atomic E-state index is -4.74. The van der Waals surface area contributed by atoms with E-state index in [1.54, 1.807) is 43.0 Å². The van der Waals surface area contributed by atoms with E-state index in [4.69, 9.17) is 23.2 Å². The molecule has 0 aromatic heterocycles. The molecule has 144 valence electrons. The predicted molar refractivity (Wildman–Crippen MR) is 104 cm³/mol. The van der Waals surface area contributed by atoms with Crippen LogP contribution >= 0.6 is 12.2 Å². The lowest BCUT2D eigenvalue weighted by atomic mass is 10.0. The summed E-state index contributed by atoms with van der Waals surface area (Å²) >= 11 is 5.44. The molecule has 1 saturated heterocycles. The first kappa shape index (κ1) is 19.6. The molecule has 1 aliphatic heterocycles. The maximum absolute atomic E-state index is 13.3. The van der Waals surface area contributed by atoms with Crippen LogP contribution in [0.15, 0.2) is 42.5 Å². The Morgan fingerprint density at radius 3 is 2.21 bits per heavy atom. The van der Waals surface area contributed by atoms with Crippen molar-refractivity contribution in [3.63, 3.8) is 0 Å². The van der Waals surface area contributed by atoms with Gasteiger partial charge in [-0.3, -0.25) is 9.69 Å². The number of nitrogens with two attached hydrogens (primary N) is 1. The molecule has 2 aromatic rings. The van der Waals surface area contributed by atoms with Crippen LogP contribution < -0.4 is 15.5 Å². The summed E-state index contributed by atoms with van der Waals surface area (Å²) in [6.45, 7) is 3.26. The average molecular weight is 404 g/mol. The van der Waals surface area contributed by atoms with Gasteiger partial charge < -0.3 is 10.6 Å². The van der Waals surface area contributed by atoms with E-state index in [-0.39, 0.29) is 10.8 Å². The number of benzene rings is 2. The van der Waals surface area contributed by atoms with Crippen LogP contribution in [-0.4, -0.2) is 16.6 Å². The lowest BCUT2D eigenvalue weighted by molar-refractivity contribution is -0.137. The minimum absolute atomic E-state index is 0.0394. The van der Waals surface area contributed by atoms with E-state index in [1.807, 2.05) is 0 Å². The van der Waals surface area contributed by atoms with E-state index >= 15 is 0 Å². The van der Waals surface area contributed by atoms with Crippen molar-refractivity contribution in [1.29, 1.82) is 5.26 Å². The summed E-state index contributed by atoms with van der Waals surface area (Å²) in [4.78, 5) is 15.7. The largest absolute Gasteiger partial charge is 0.417 e. The highest BCUT2D eigenvalue weighted by Crippen LogP contribution is 2.39. The third kappa shape index (κ3) is 3.05. The van der Waals surface area contributed by atoms with Crippen LogP contribution in [0, 0.1) is 11.3 Å². The van der Waals surface area contributed by atoms with Gasteiger partial charge in [-0.1, -0.05) is 0 Å². The molecule has 0 aliphatic carbocycles.